The van der Waals surface area contributed by atoms with Gasteiger partial charge in [-0.15, -0.1) is 0 Å². The SMILES string of the molecule is CCCCCC(=O)NC(CSCc1ccccc1)C(=O)Nc1ccccc1. The summed E-state index contributed by atoms with van der Waals surface area (Å²) < 4.78 is 0. The molecule has 2 aromatic carbocycles. The molecule has 5 heteroatoms. The van der Waals surface area contributed by atoms with Crippen LogP contribution in [0.15, 0.2) is 60.7 Å². The van der Waals surface area contributed by atoms with E-state index in [1.165, 1.54) is 5.56 Å². The van der Waals surface area contributed by atoms with Crippen LogP contribution in [0.1, 0.15) is 38.2 Å². The Bertz CT molecular complexity index is 692. The van der Waals surface area contributed by atoms with Crippen LogP contribution in [0.2, 0.25) is 0 Å². The van der Waals surface area contributed by atoms with E-state index in [0.717, 1.165) is 30.7 Å². The molecule has 0 fully saturated rings. The molecular formula is C22H28N2O2S. The maximum atomic E-state index is 12.7. The smallest absolute Gasteiger partial charge is 0.247 e. The highest BCUT2D eigenvalue weighted by Gasteiger charge is 2.20. The van der Waals surface area contributed by atoms with Crippen LogP contribution in [0.5, 0.6) is 0 Å². The van der Waals surface area contributed by atoms with E-state index < -0.39 is 6.04 Å². The number of amides is 2. The molecule has 0 radical (unpaired) electrons. The van der Waals surface area contributed by atoms with E-state index in [1.807, 2.05) is 48.5 Å². The Morgan fingerprint density at radius 1 is 0.963 bits per heavy atom. The minimum Gasteiger partial charge on any atom is -0.344 e. The second kappa shape index (κ2) is 12.2. The number of hydrogen-bond acceptors (Lipinski definition) is 3. The van der Waals surface area contributed by atoms with Gasteiger partial charge in [0.05, 0.1) is 0 Å². The lowest BCUT2D eigenvalue weighted by Crippen LogP contribution is -2.45. The molecule has 144 valence electrons. The van der Waals surface area contributed by atoms with E-state index in [4.69, 9.17) is 0 Å². The molecule has 27 heavy (non-hydrogen) atoms. The molecule has 2 amide bonds. The van der Waals surface area contributed by atoms with Crippen molar-refractivity contribution in [1.82, 2.24) is 5.32 Å². The van der Waals surface area contributed by atoms with Crippen LogP contribution in [0.25, 0.3) is 0 Å². The third kappa shape index (κ3) is 8.31. The van der Waals surface area contributed by atoms with Crippen LogP contribution >= 0.6 is 11.8 Å². The van der Waals surface area contributed by atoms with Crippen LogP contribution in [0.4, 0.5) is 5.69 Å². The minimum absolute atomic E-state index is 0.0584. The summed E-state index contributed by atoms with van der Waals surface area (Å²) in [5.74, 6) is 1.11. The summed E-state index contributed by atoms with van der Waals surface area (Å²) >= 11 is 1.65. The molecule has 1 unspecified atom stereocenters. The molecule has 0 saturated carbocycles. The maximum Gasteiger partial charge on any atom is 0.247 e. The zero-order valence-electron chi connectivity index (χ0n) is 15.8. The second-order valence-electron chi connectivity index (χ2n) is 6.43. The molecule has 2 rings (SSSR count). The number of para-hydroxylation sites is 1. The van der Waals surface area contributed by atoms with E-state index >= 15 is 0 Å². The fourth-order valence-corrected chi connectivity index (χ4v) is 3.62. The lowest BCUT2D eigenvalue weighted by atomic mass is 10.2. The van der Waals surface area contributed by atoms with Gasteiger partial charge in [-0.2, -0.15) is 11.8 Å². The summed E-state index contributed by atoms with van der Waals surface area (Å²) in [6, 6.07) is 18.9. The van der Waals surface area contributed by atoms with Gasteiger partial charge in [-0.1, -0.05) is 68.3 Å². The van der Waals surface area contributed by atoms with Gasteiger partial charge >= 0.3 is 0 Å². The zero-order chi connectivity index (χ0) is 19.3. The number of thioether (sulfide) groups is 1. The Kier molecular flexibility index (Phi) is 9.49. The van der Waals surface area contributed by atoms with Gasteiger partial charge in [-0.05, 0) is 24.1 Å². The topological polar surface area (TPSA) is 58.2 Å². The molecule has 0 spiro atoms. The van der Waals surface area contributed by atoms with E-state index in [9.17, 15) is 9.59 Å². The summed E-state index contributed by atoms with van der Waals surface area (Å²) in [6.45, 7) is 2.11. The quantitative estimate of drug-likeness (QED) is 0.556. The van der Waals surface area contributed by atoms with Crippen molar-refractivity contribution in [2.45, 2.75) is 44.4 Å². The van der Waals surface area contributed by atoms with Crippen LogP contribution in [0.3, 0.4) is 0 Å². The second-order valence-corrected chi connectivity index (χ2v) is 7.46. The van der Waals surface area contributed by atoms with Crippen molar-refractivity contribution in [1.29, 1.82) is 0 Å². The van der Waals surface area contributed by atoms with Crippen molar-refractivity contribution in [3.8, 4) is 0 Å². The van der Waals surface area contributed by atoms with E-state index in [2.05, 4.69) is 29.7 Å². The molecule has 0 aliphatic rings. The Morgan fingerprint density at radius 3 is 2.30 bits per heavy atom. The number of benzene rings is 2. The molecular weight excluding hydrogens is 356 g/mol. The van der Waals surface area contributed by atoms with Crippen LogP contribution in [-0.2, 0) is 15.3 Å². The first-order valence-corrected chi connectivity index (χ1v) is 10.6. The Balaban J connectivity index is 1.91. The Labute approximate surface area is 166 Å². The van der Waals surface area contributed by atoms with Gasteiger partial charge in [0.15, 0.2) is 0 Å². The van der Waals surface area contributed by atoms with E-state index in [0.29, 0.717) is 12.2 Å². The van der Waals surface area contributed by atoms with Crippen molar-refractivity contribution in [2.24, 2.45) is 0 Å². The molecule has 0 aromatic heterocycles. The molecule has 0 saturated heterocycles. The van der Waals surface area contributed by atoms with Crippen LogP contribution in [-0.4, -0.2) is 23.6 Å². The number of rotatable bonds is 11. The van der Waals surface area contributed by atoms with Gasteiger partial charge in [0.25, 0.3) is 0 Å². The zero-order valence-corrected chi connectivity index (χ0v) is 16.6. The van der Waals surface area contributed by atoms with Crippen LogP contribution < -0.4 is 10.6 Å². The maximum absolute atomic E-state index is 12.7. The number of nitrogens with one attached hydrogen (secondary N) is 2. The molecule has 4 nitrogen and oxygen atoms in total. The lowest BCUT2D eigenvalue weighted by Gasteiger charge is -2.18. The standard InChI is InChI=1S/C22H28N2O2S/c1-2-3-6-15-21(25)24-20(17-27-16-18-11-7-4-8-12-18)22(26)23-19-13-9-5-10-14-19/h4-5,7-14,20H,2-3,6,15-17H2,1H3,(H,23,26)(H,24,25). The van der Waals surface area contributed by atoms with Gasteiger partial charge < -0.3 is 10.6 Å². The molecule has 0 aliphatic heterocycles. The highest BCUT2D eigenvalue weighted by atomic mass is 32.2. The molecule has 2 N–H and O–H groups in total. The minimum atomic E-state index is -0.548. The summed E-state index contributed by atoms with van der Waals surface area (Å²) in [6.07, 6.45) is 3.41. The average Bonchev–Trinajstić information content (AvgIpc) is 2.69. The number of hydrogen-bond donors (Lipinski definition) is 2. The third-order valence-corrected chi connectivity index (χ3v) is 5.20. The van der Waals surface area contributed by atoms with Crippen molar-refractivity contribution in [3.63, 3.8) is 0 Å². The van der Waals surface area contributed by atoms with Crippen LogP contribution in [0, 0.1) is 0 Å². The summed E-state index contributed by atoms with van der Waals surface area (Å²) in [5, 5.41) is 5.81. The third-order valence-electron chi connectivity index (χ3n) is 4.10. The van der Waals surface area contributed by atoms with Crippen molar-refractivity contribution in [3.05, 3.63) is 66.2 Å². The highest BCUT2D eigenvalue weighted by molar-refractivity contribution is 7.98. The van der Waals surface area contributed by atoms with Gasteiger partial charge in [0, 0.05) is 23.6 Å². The van der Waals surface area contributed by atoms with Crippen molar-refractivity contribution in [2.75, 3.05) is 11.1 Å². The van der Waals surface area contributed by atoms with Gasteiger partial charge in [0.1, 0.15) is 6.04 Å². The molecule has 1 atom stereocenters. The first-order valence-electron chi connectivity index (χ1n) is 9.46. The fourth-order valence-electron chi connectivity index (χ4n) is 2.60. The first-order chi connectivity index (χ1) is 13.2. The predicted molar refractivity (Wildman–Crippen MR) is 114 cm³/mol. The fraction of sp³-hybridized carbons (Fsp3) is 0.364. The van der Waals surface area contributed by atoms with Crippen molar-refractivity contribution < 1.29 is 9.59 Å². The molecule has 0 heterocycles. The summed E-state index contributed by atoms with van der Waals surface area (Å²) in [4.78, 5) is 24.9. The predicted octanol–water partition coefficient (Wildman–Crippen LogP) is 4.62. The van der Waals surface area contributed by atoms with Gasteiger partial charge in [-0.3, -0.25) is 9.59 Å². The Hall–Kier alpha value is -2.27. The summed E-state index contributed by atoms with van der Waals surface area (Å²) in [5.41, 5.74) is 1.94. The normalized spacial score (nSPS) is 11.6. The Morgan fingerprint density at radius 2 is 1.63 bits per heavy atom. The lowest BCUT2D eigenvalue weighted by molar-refractivity contribution is -0.126. The van der Waals surface area contributed by atoms with Crippen molar-refractivity contribution >= 4 is 29.3 Å². The first kappa shape index (κ1) is 21.0. The van der Waals surface area contributed by atoms with E-state index in [-0.39, 0.29) is 11.8 Å². The molecule has 0 bridgehead atoms. The number of carbonyl (C=O) groups is 2. The van der Waals surface area contributed by atoms with Gasteiger partial charge in [-0.25, -0.2) is 0 Å². The molecule has 2 aromatic rings. The molecule has 0 aliphatic carbocycles. The monoisotopic (exact) mass is 384 g/mol. The van der Waals surface area contributed by atoms with Gasteiger partial charge in [0.2, 0.25) is 11.8 Å². The number of unbranched alkanes of at least 4 members (excludes halogenated alkanes) is 2. The number of carbonyl (C=O) groups excluding carboxylic acids is 2. The largest absolute Gasteiger partial charge is 0.344 e. The summed E-state index contributed by atoms with van der Waals surface area (Å²) in [7, 11) is 0. The average molecular weight is 385 g/mol. The van der Waals surface area contributed by atoms with E-state index in [1.54, 1.807) is 11.8 Å². The highest BCUT2D eigenvalue weighted by Crippen LogP contribution is 2.14. The number of anilines is 1.